The first-order valence-electron chi connectivity index (χ1n) is 5.48. The van der Waals surface area contributed by atoms with Gasteiger partial charge >= 0.3 is 0 Å². The van der Waals surface area contributed by atoms with Crippen molar-refractivity contribution in [2.75, 3.05) is 30.1 Å². The van der Waals surface area contributed by atoms with Crippen LogP contribution in [0.4, 0.5) is 0 Å². The zero-order valence-corrected chi connectivity index (χ0v) is 11.6. The molecule has 0 saturated carbocycles. The molecule has 5 heteroatoms. The first-order chi connectivity index (χ1) is 6.99. The Hall–Kier alpha value is 0.260. The van der Waals surface area contributed by atoms with E-state index in [1.807, 2.05) is 11.8 Å². The molecule has 3 nitrogen and oxygen atoms in total. The fourth-order valence-corrected chi connectivity index (χ4v) is 2.73. The Bertz CT molecular complexity index is 232. The molecule has 0 amide bonds. The lowest BCUT2D eigenvalue weighted by Crippen LogP contribution is -2.33. The van der Waals surface area contributed by atoms with Gasteiger partial charge in [0.2, 0.25) is 0 Å². The van der Waals surface area contributed by atoms with Gasteiger partial charge in [0.1, 0.15) is 9.84 Å². The minimum absolute atomic E-state index is 0.290. The van der Waals surface area contributed by atoms with Crippen molar-refractivity contribution in [1.82, 2.24) is 5.32 Å². The lowest BCUT2D eigenvalue weighted by Gasteiger charge is -2.17. The van der Waals surface area contributed by atoms with Crippen LogP contribution in [0.15, 0.2) is 0 Å². The second-order valence-corrected chi connectivity index (χ2v) is 7.31. The molecule has 0 heterocycles. The van der Waals surface area contributed by atoms with Crippen molar-refractivity contribution in [3.63, 3.8) is 0 Å². The molecule has 0 aromatic rings. The molecular formula is C10H23NO2S2. The van der Waals surface area contributed by atoms with Gasteiger partial charge in [-0.25, -0.2) is 8.42 Å². The van der Waals surface area contributed by atoms with Gasteiger partial charge in [0.25, 0.3) is 0 Å². The van der Waals surface area contributed by atoms with E-state index in [2.05, 4.69) is 19.2 Å². The van der Waals surface area contributed by atoms with Crippen molar-refractivity contribution < 1.29 is 8.42 Å². The van der Waals surface area contributed by atoms with Gasteiger partial charge in [-0.05, 0) is 25.1 Å². The maximum atomic E-state index is 11.0. The molecule has 0 radical (unpaired) electrons. The number of nitrogens with one attached hydrogen (secondary N) is 1. The molecule has 0 spiro atoms. The minimum atomic E-state index is -2.82. The van der Waals surface area contributed by atoms with Crippen molar-refractivity contribution in [2.45, 2.75) is 32.7 Å². The maximum absolute atomic E-state index is 11.0. The van der Waals surface area contributed by atoms with E-state index in [-0.39, 0.29) is 0 Å². The van der Waals surface area contributed by atoms with E-state index in [1.165, 1.54) is 6.26 Å². The summed E-state index contributed by atoms with van der Waals surface area (Å²) >= 11 is 1.86. The second kappa shape index (κ2) is 8.42. The van der Waals surface area contributed by atoms with Crippen LogP contribution >= 0.6 is 11.8 Å². The Kier molecular flexibility index (Phi) is 8.56. The van der Waals surface area contributed by atoms with Gasteiger partial charge in [-0.3, -0.25) is 0 Å². The molecule has 0 aromatic heterocycles. The van der Waals surface area contributed by atoms with Crippen molar-refractivity contribution in [2.24, 2.45) is 0 Å². The van der Waals surface area contributed by atoms with Crippen LogP contribution in [0.3, 0.4) is 0 Å². The molecule has 0 rings (SSSR count). The molecule has 0 saturated heterocycles. The van der Waals surface area contributed by atoms with Crippen LogP contribution in [0, 0.1) is 0 Å². The van der Waals surface area contributed by atoms with E-state index in [4.69, 9.17) is 0 Å². The van der Waals surface area contributed by atoms with Crippen LogP contribution in [0.2, 0.25) is 0 Å². The molecule has 0 aliphatic heterocycles. The number of thioether (sulfide) groups is 1. The summed E-state index contributed by atoms with van der Waals surface area (Å²) in [5.41, 5.74) is 0. The third-order valence-electron chi connectivity index (χ3n) is 2.04. The molecule has 1 N–H and O–H groups in total. The van der Waals surface area contributed by atoms with Gasteiger partial charge in [-0.1, -0.05) is 13.8 Å². The van der Waals surface area contributed by atoms with E-state index in [0.717, 1.165) is 30.9 Å². The highest BCUT2D eigenvalue weighted by molar-refractivity contribution is 7.99. The zero-order valence-electron chi connectivity index (χ0n) is 9.95. The quantitative estimate of drug-likeness (QED) is 0.677. The van der Waals surface area contributed by atoms with Crippen LogP contribution in [-0.4, -0.2) is 44.5 Å². The summed E-state index contributed by atoms with van der Waals surface area (Å²) in [4.78, 5) is 0. The van der Waals surface area contributed by atoms with E-state index >= 15 is 0 Å². The van der Waals surface area contributed by atoms with Crippen molar-refractivity contribution in [3.05, 3.63) is 0 Å². The molecule has 0 aromatic carbocycles. The van der Waals surface area contributed by atoms with Crippen LogP contribution in [0.1, 0.15) is 26.7 Å². The van der Waals surface area contributed by atoms with Crippen molar-refractivity contribution in [1.29, 1.82) is 0 Å². The summed E-state index contributed by atoms with van der Waals surface area (Å²) in [5.74, 6) is 2.38. The molecule has 1 unspecified atom stereocenters. The Morgan fingerprint density at radius 3 is 2.47 bits per heavy atom. The van der Waals surface area contributed by atoms with Gasteiger partial charge in [0.15, 0.2) is 0 Å². The molecule has 15 heavy (non-hydrogen) atoms. The molecule has 0 bridgehead atoms. The summed E-state index contributed by atoms with van der Waals surface area (Å²) in [5, 5.41) is 3.39. The Labute approximate surface area is 98.3 Å². The summed E-state index contributed by atoms with van der Waals surface area (Å²) in [6.45, 7) is 5.21. The highest BCUT2D eigenvalue weighted by Gasteiger charge is 2.11. The second-order valence-electron chi connectivity index (χ2n) is 3.73. The third-order valence-corrected chi connectivity index (χ3v) is 4.07. The van der Waals surface area contributed by atoms with Crippen molar-refractivity contribution in [3.8, 4) is 0 Å². The number of hydrogen-bond donors (Lipinski definition) is 1. The van der Waals surface area contributed by atoms with E-state index < -0.39 is 9.84 Å². The van der Waals surface area contributed by atoms with Gasteiger partial charge in [0, 0.05) is 18.1 Å². The van der Waals surface area contributed by atoms with Crippen LogP contribution < -0.4 is 5.32 Å². The van der Waals surface area contributed by atoms with E-state index in [0.29, 0.717) is 11.8 Å². The number of sulfone groups is 1. The number of hydrogen-bond acceptors (Lipinski definition) is 4. The Balaban J connectivity index is 3.89. The normalized spacial score (nSPS) is 14.1. The topological polar surface area (TPSA) is 46.2 Å². The average molecular weight is 253 g/mol. The number of rotatable bonds is 9. The lowest BCUT2D eigenvalue weighted by molar-refractivity contribution is 0.532. The largest absolute Gasteiger partial charge is 0.313 e. The van der Waals surface area contributed by atoms with Gasteiger partial charge < -0.3 is 5.32 Å². The van der Waals surface area contributed by atoms with E-state index in [9.17, 15) is 8.42 Å². The first kappa shape index (κ1) is 15.3. The van der Waals surface area contributed by atoms with Crippen molar-refractivity contribution >= 4 is 21.6 Å². The maximum Gasteiger partial charge on any atom is 0.147 e. The summed E-state index contributed by atoms with van der Waals surface area (Å²) in [6.07, 6.45) is 3.12. The Morgan fingerprint density at radius 2 is 2.00 bits per heavy atom. The molecular weight excluding hydrogens is 230 g/mol. The average Bonchev–Trinajstić information content (AvgIpc) is 2.15. The Morgan fingerprint density at radius 1 is 1.33 bits per heavy atom. The monoisotopic (exact) mass is 253 g/mol. The van der Waals surface area contributed by atoms with Gasteiger partial charge in [-0.2, -0.15) is 11.8 Å². The zero-order chi connectivity index (χ0) is 11.7. The lowest BCUT2D eigenvalue weighted by atomic mass is 10.2. The summed E-state index contributed by atoms with van der Waals surface area (Å²) in [7, 11) is -2.82. The smallest absolute Gasteiger partial charge is 0.147 e. The summed E-state index contributed by atoms with van der Waals surface area (Å²) in [6, 6.07) is 0.338. The highest BCUT2D eigenvalue weighted by atomic mass is 32.2. The van der Waals surface area contributed by atoms with Gasteiger partial charge in [-0.15, -0.1) is 0 Å². The first-order valence-corrected chi connectivity index (χ1v) is 8.70. The van der Waals surface area contributed by atoms with Gasteiger partial charge in [0.05, 0.1) is 5.75 Å². The van der Waals surface area contributed by atoms with E-state index in [1.54, 1.807) is 0 Å². The predicted molar refractivity (Wildman–Crippen MR) is 69.4 cm³/mol. The highest BCUT2D eigenvalue weighted by Crippen LogP contribution is 2.06. The summed E-state index contributed by atoms with van der Waals surface area (Å²) < 4.78 is 22.1. The third kappa shape index (κ3) is 10.5. The SMILES string of the molecule is CCCNC(CCS(C)(=O)=O)CSCC. The molecule has 1 atom stereocenters. The minimum Gasteiger partial charge on any atom is -0.313 e. The molecule has 0 fully saturated rings. The van der Waals surface area contributed by atoms with Crippen LogP contribution in [0.25, 0.3) is 0 Å². The predicted octanol–water partition coefficient (Wildman–Crippen LogP) is 1.54. The fraction of sp³-hybridized carbons (Fsp3) is 1.00. The fourth-order valence-electron chi connectivity index (χ4n) is 1.21. The van der Waals surface area contributed by atoms with Crippen LogP contribution in [0.5, 0.6) is 0 Å². The van der Waals surface area contributed by atoms with Crippen LogP contribution in [-0.2, 0) is 9.84 Å². The molecule has 92 valence electrons. The standard InChI is InChI=1S/C10H23NO2S2/c1-4-7-11-10(9-14-5-2)6-8-15(3,12)13/h10-11H,4-9H2,1-3H3. The molecule has 0 aliphatic carbocycles. The molecule has 0 aliphatic rings.